The third-order valence-corrected chi connectivity index (χ3v) is 2.42. The molecule has 6 heteroatoms. The SMILES string of the molecule is Cc1ccc(F)cc1Oc1ncc2ncoc2n1. The molecule has 0 atom stereocenters. The Balaban J connectivity index is 1.97. The summed E-state index contributed by atoms with van der Waals surface area (Å²) in [5, 5.41) is 0. The van der Waals surface area contributed by atoms with Crippen molar-refractivity contribution in [2.45, 2.75) is 6.92 Å². The van der Waals surface area contributed by atoms with Gasteiger partial charge in [0.2, 0.25) is 0 Å². The van der Waals surface area contributed by atoms with E-state index in [0.29, 0.717) is 17.0 Å². The molecule has 1 aromatic carbocycles. The van der Waals surface area contributed by atoms with Gasteiger partial charge in [0, 0.05) is 6.07 Å². The predicted octanol–water partition coefficient (Wildman–Crippen LogP) is 2.86. The number of aryl methyl sites for hydroxylation is 1. The van der Waals surface area contributed by atoms with Crippen LogP contribution in [0.2, 0.25) is 0 Å². The lowest BCUT2D eigenvalue weighted by Crippen LogP contribution is -1.94. The van der Waals surface area contributed by atoms with Crippen molar-refractivity contribution in [3.8, 4) is 11.8 Å². The molecule has 0 aliphatic carbocycles. The van der Waals surface area contributed by atoms with Crippen LogP contribution >= 0.6 is 0 Å². The lowest BCUT2D eigenvalue weighted by atomic mass is 10.2. The van der Waals surface area contributed by atoms with Crippen molar-refractivity contribution in [1.29, 1.82) is 0 Å². The van der Waals surface area contributed by atoms with Crippen molar-refractivity contribution in [1.82, 2.24) is 15.0 Å². The zero-order valence-electron chi connectivity index (χ0n) is 9.42. The highest BCUT2D eigenvalue weighted by atomic mass is 19.1. The zero-order chi connectivity index (χ0) is 12.5. The minimum atomic E-state index is -0.378. The summed E-state index contributed by atoms with van der Waals surface area (Å²) in [6, 6.07) is 4.36. The summed E-state index contributed by atoms with van der Waals surface area (Å²) in [5.41, 5.74) is 1.66. The normalized spacial score (nSPS) is 10.8. The number of ether oxygens (including phenoxy) is 1. The van der Waals surface area contributed by atoms with E-state index in [2.05, 4.69) is 15.0 Å². The van der Waals surface area contributed by atoms with Gasteiger partial charge in [-0.1, -0.05) is 6.07 Å². The van der Waals surface area contributed by atoms with Crippen LogP contribution in [0.1, 0.15) is 5.56 Å². The highest BCUT2D eigenvalue weighted by Gasteiger charge is 2.08. The molecular weight excluding hydrogens is 237 g/mol. The molecule has 0 unspecified atom stereocenters. The lowest BCUT2D eigenvalue weighted by molar-refractivity contribution is 0.433. The smallest absolute Gasteiger partial charge is 0.325 e. The molecule has 0 fully saturated rings. The number of oxazole rings is 1. The number of hydrogen-bond acceptors (Lipinski definition) is 5. The maximum Gasteiger partial charge on any atom is 0.325 e. The van der Waals surface area contributed by atoms with E-state index in [1.54, 1.807) is 6.07 Å². The second-order valence-corrected chi connectivity index (χ2v) is 3.71. The van der Waals surface area contributed by atoms with Crippen molar-refractivity contribution >= 4 is 11.2 Å². The fourth-order valence-corrected chi connectivity index (χ4v) is 1.48. The number of benzene rings is 1. The molecule has 0 N–H and O–H groups in total. The Morgan fingerprint density at radius 1 is 1.28 bits per heavy atom. The maximum absolute atomic E-state index is 13.1. The first-order chi connectivity index (χ1) is 8.72. The van der Waals surface area contributed by atoms with Crippen molar-refractivity contribution in [2.75, 3.05) is 0 Å². The average Bonchev–Trinajstić information content (AvgIpc) is 2.81. The van der Waals surface area contributed by atoms with Crippen LogP contribution in [0, 0.1) is 12.7 Å². The summed E-state index contributed by atoms with van der Waals surface area (Å²) >= 11 is 0. The molecular formula is C12H8FN3O2. The number of aromatic nitrogens is 3. The molecule has 0 aliphatic heterocycles. The molecule has 2 heterocycles. The third-order valence-electron chi connectivity index (χ3n) is 2.42. The van der Waals surface area contributed by atoms with Gasteiger partial charge < -0.3 is 9.15 Å². The van der Waals surface area contributed by atoms with Crippen molar-refractivity contribution in [2.24, 2.45) is 0 Å². The molecule has 0 saturated heterocycles. The summed E-state index contributed by atoms with van der Waals surface area (Å²) < 4.78 is 23.6. The van der Waals surface area contributed by atoms with Crippen LogP contribution in [-0.2, 0) is 0 Å². The summed E-state index contributed by atoms with van der Waals surface area (Å²) in [4.78, 5) is 11.9. The quantitative estimate of drug-likeness (QED) is 0.694. The van der Waals surface area contributed by atoms with Crippen LogP contribution in [-0.4, -0.2) is 15.0 Å². The van der Waals surface area contributed by atoms with Gasteiger partial charge in [0.25, 0.3) is 5.71 Å². The Morgan fingerprint density at radius 3 is 3.06 bits per heavy atom. The van der Waals surface area contributed by atoms with Crippen molar-refractivity contribution in [3.63, 3.8) is 0 Å². The van der Waals surface area contributed by atoms with Crippen LogP contribution in [0.25, 0.3) is 11.2 Å². The largest absolute Gasteiger partial charge is 0.425 e. The molecule has 0 aliphatic rings. The Hall–Kier alpha value is -2.50. The molecule has 2 aromatic heterocycles. The van der Waals surface area contributed by atoms with Crippen LogP contribution in [0.4, 0.5) is 4.39 Å². The zero-order valence-corrected chi connectivity index (χ0v) is 9.42. The van der Waals surface area contributed by atoms with Gasteiger partial charge in [0.15, 0.2) is 6.39 Å². The van der Waals surface area contributed by atoms with Crippen LogP contribution < -0.4 is 4.74 Å². The minimum Gasteiger partial charge on any atom is -0.425 e. The monoisotopic (exact) mass is 245 g/mol. The van der Waals surface area contributed by atoms with Gasteiger partial charge in [-0.3, -0.25) is 0 Å². The lowest BCUT2D eigenvalue weighted by Gasteiger charge is -2.06. The third kappa shape index (κ3) is 1.88. The van der Waals surface area contributed by atoms with Crippen molar-refractivity contribution < 1.29 is 13.5 Å². The highest BCUT2D eigenvalue weighted by molar-refractivity contribution is 5.66. The Bertz CT molecular complexity index is 711. The second kappa shape index (κ2) is 4.06. The molecule has 3 rings (SSSR count). The van der Waals surface area contributed by atoms with E-state index in [0.717, 1.165) is 5.56 Å². The molecule has 3 aromatic rings. The Labute approximate surface area is 101 Å². The van der Waals surface area contributed by atoms with Gasteiger partial charge in [0.1, 0.15) is 17.1 Å². The molecule has 90 valence electrons. The number of nitrogens with zero attached hydrogens (tertiary/aromatic N) is 3. The molecule has 18 heavy (non-hydrogen) atoms. The standard InChI is InChI=1S/C12H8FN3O2/c1-7-2-3-8(13)4-10(7)18-12-14-5-9-11(16-12)17-6-15-9/h2-6H,1H3. The van der Waals surface area contributed by atoms with Gasteiger partial charge in [-0.2, -0.15) is 4.98 Å². The molecule has 0 amide bonds. The fourth-order valence-electron chi connectivity index (χ4n) is 1.48. The first-order valence-electron chi connectivity index (χ1n) is 5.22. The van der Waals surface area contributed by atoms with Gasteiger partial charge in [-0.25, -0.2) is 14.4 Å². The molecule has 0 radical (unpaired) electrons. The van der Waals surface area contributed by atoms with E-state index in [4.69, 9.17) is 9.15 Å². The van der Waals surface area contributed by atoms with Crippen LogP contribution in [0.5, 0.6) is 11.8 Å². The average molecular weight is 245 g/mol. The van der Waals surface area contributed by atoms with E-state index >= 15 is 0 Å². The number of fused-ring (bicyclic) bond motifs is 1. The van der Waals surface area contributed by atoms with Gasteiger partial charge >= 0.3 is 6.01 Å². The van der Waals surface area contributed by atoms with Crippen LogP contribution in [0.3, 0.4) is 0 Å². The summed E-state index contributed by atoms with van der Waals surface area (Å²) in [7, 11) is 0. The van der Waals surface area contributed by atoms with E-state index < -0.39 is 0 Å². The summed E-state index contributed by atoms with van der Waals surface area (Å²) in [6.07, 6.45) is 2.76. The molecule has 0 bridgehead atoms. The maximum atomic E-state index is 13.1. The first-order valence-corrected chi connectivity index (χ1v) is 5.22. The van der Waals surface area contributed by atoms with E-state index in [-0.39, 0.29) is 11.8 Å². The highest BCUT2D eigenvalue weighted by Crippen LogP contribution is 2.24. The van der Waals surface area contributed by atoms with Crippen molar-refractivity contribution in [3.05, 3.63) is 42.2 Å². The summed E-state index contributed by atoms with van der Waals surface area (Å²) in [5.74, 6) is -0.00907. The van der Waals surface area contributed by atoms with E-state index in [1.807, 2.05) is 6.92 Å². The topological polar surface area (TPSA) is 61.0 Å². The van der Waals surface area contributed by atoms with E-state index in [1.165, 1.54) is 24.7 Å². The molecule has 0 spiro atoms. The summed E-state index contributed by atoms with van der Waals surface area (Å²) in [6.45, 7) is 1.81. The van der Waals surface area contributed by atoms with Gasteiger partial charge in [-0.15, -0.1) is 0 Å². The fraction of sp³-hybridized carbons (Fsp3) is 0.0833. The van der Waals surface area contributed by atoms with Gasteiger partial charge in [-0.05, 0) is 18.6 Å². The van der Waals surface area contributed by atoms with Crippen LogP contribution in [0.15, 0.2) is 35.2 Å². The minimum absolute atomic E-state index is 0.0907. The van der Waals surface area contributed by atoms with E-state index in [9.17, 15) is 4.39 Å². The molecule has 5 nitrogen and oxygen atoms in total. The Kier molecular flexibility index (Phi) is 2.40. The number of halogens is 1. The predicted molar refractivity (Wildman–Crippen MR) is 60.8 cm³/mol. The number of rotatable bonds is 2. The van der Waals surface area contributed by atoms with Gasteiger partial charge in [0.05, 0.1) is 6.20 Å². The number of hydrogen-bond donors (Lipinski definition) is 0. The molecule has 0 saturated carbocycles. The Morgan fingerprint density at radius 2 is 2.17 bits per heavy atom. The first kappa shape index (κ1) is 10.6. The second-order valence-electron chi connectivity index (χ2n) is 3.71.